The highest BCUT2D eigenvalue weighted by atomic mass is 16.2. The monoisotopic (exact) mass is 240 g/mol. The van der Waals surface area contributed by atoms with Gasteiger partial charge in [-0.3, -0.25) is 4.79 Å². The van der Waals surface area contributed by atoms with E-state index in [-0.39, 0.29) is 5.92 Å². The molecule has 1 aliphatic rings. The lowest BCUT2D eigenvalue weighted by Crippen LogP contribution is -2.37. The van der Waals surface area contributed by atoms with E-state index in [0.29, 0.717) is 11.8 Å². The number of rotatable bonds is 5. The van der Waals surface area contributed by atoms with Crippen molar-refractivity contribution < 1.29 is 4.79 Å². The van der Waals surface area contributed by atoms with Crippen molar-refractivity contribution in [3.05, 3.63) is 0 Å². The van der Waals surface area contributed by atoms with E-state index in [4.69, 9.17) is 5.73 Å². The first-order valence-corrected chi connectivity index (χ1v) is 6.99. The van der Waals surface area contributed by atoms with Crippen molar-refractivity contribution in [3.8, 4) is 0 Å². The maximum atomic E-state index is 12.2. The number of hydrogen-bond acceptors (Lipinski definition) is 2. The molecule has 0 atom stereocenters. The van der Waals surface area contributed by atoms with Gasteiger partial charge >= 0.3 is 0 Å². The van der Waals surface area contributed by atoms with Crippen LogP contribution in [0.15, 0.2) is 0 Å². The van der Waals surface area contributed by atoms with Gasteiger partial charge in [-0.1, -0.05) is 13.8 Å². The predicted octanol–water partition coefficient (Wildman–Crippen LogP) is 2.26. The van der Waals surface area contributed by atoms with Crippen LogP contribution in [0.1, 0.15) is 46.0 Å². The second-order valence-corrected chi connectivity index (χ2v) is 5.91. The molecule has 17 heavy (non-hydrogen) atoms. The zero-order valence-corrected chi connectivity index (χ0v) is 11.6. The SMILES string of the molecule is CC(C)CN(C)C(=O)C1CCC(CCN)CC1. The molecule has 0 aromatic rings. The van der Waals surface area contributed by atoms with Gasteiger partial charge < -0.3 is 10.6 Å². The van der Waals surface area contributed by atoms with Crippen LogP contribution in [0.3, 0.4) is 0 Å². The summed E-state index contributed by atoms with van der Waals surface area (Å²) in [5.74, 6) is 1.94. The minimum atomic E-state index is 0.271. The van der Waals surface area contributed by atoms with Gasteiger partial charge in [0.05, 0.1) is 0 Å². The van der Waals surface area contributed by atoms with Crippen molar-refractivity contribution in [1.82, 2.24) is 4.90 Å². The summed E-state index contributed by atoms with van der Waals surface area (Å²) in [6, 6.07) is 0. The van der Waals surface area contributed by atoms with Crippen molar-refractivity contribution in [2.45, 2.75) is 46.0 Å². The van der Waals surface area contributed by atoms with Crippen molar-refractivity contribution >= 4 is 5.91 Å². The molecule has 0 aromatic carbocycles. The maximum Gasteiger partial charge on any atom is 0.225 e. The highest BCUT2D eigenvalue weighted by Gasteiger charge is 2.27. The molecule has 0 saturated heterocycles. The second-order valence-electron chi connectivity index (χ2n) is 5.91. The molecule has 1 amide bonds. The van der Waals surface area contributed by atoms with Crippen LogP contribution in [0.25, 0.3) is 0 Å². The van der Waals surface area contributed by atoms with Gasteiger partial charge in [0.1, 0.15) is 0 Å². The quantitative estimate of drug-likeness (QED) is 0.801. The van der Waals surface area contributed by atoms with Gasteiger partial charge in [0.2, 0.25) is 5.91 Å². The lowest BCUT2D eigenvalue weighted by Gasteiger charge is -2.31. The molecule has 100 valence electrons. The summed E-state index contributed by atoms with van der Waals surface area (Å²) in [5.41, 5.74) is 5.58. The molecule has 0 spiro atoms. The minimum Gasteiger partial charge on any atom is -0.345 e. The summed E-state index contributed by atoms with van der Waals surface area (Å²) in [4.78, 5) is 14.1. The van der Waals surface area contributed by atoms with Gasteiger partial charge in [-0.2, -0.15) is 0 Å². The Bertz CT molecular complexity index is 232. The van der Waals surface area contributed by atoms with Crippen LogP contribution in [0.4, 0.5) is 0 Å². The van der Waals surface area contributed by atoms with Crippen molar-refractivity contribution in [2.24, 2.45) is 23.5 Å². The third kappa shape index (κ3) is 4.66. The third-order valence-corrected chi connectivity index (χ3v) is 3.79. The normalized spacial score (nSPS) is 25.0. The average Bonchev–Trinajstić information content (AvgIpc) is 2.28. The summed E-state index contributed by atoms with van der Waals surface area (Å²) >= 11 is 0. The summed E-state index contributed by atoms with van der Waals surface area (Å²) in [6.45, 7) is 5.97. The topological polar surface area (TPSA) is 46.3 Å². The van der Waals surface area contributed by atoms with E-state index in [1.807, 2.05) is 11.9 Å². The van der Waals surface area contributed by atoms with E-state index >= 15 is 0 Å². The maximum absolute atomic E-state index is 12.2. The Hall–Kier alpha value is -0.570. The van der Waals surface area contributed by atoms with Crippen LogP contribution in [0.2, 0.25) is 0 Å². The molecule has 1 rings (SSSR count). The summed E-state index contributed by atoms with van der Waals surface area (Å²) in [6.07, 6.45) is 5.62. The molecule has 1 saturated carbocycles. The Morgan fingerprint density at radius 1 is 1.29 bits per heavy atom. The van der Waals surface area contributed by atoms with Crippen molar-refractivity contribution in [2.75, 3.05) is 20.1 Å². The summed E-state index contributed by atoms with van der Waals surface area (Å²) < 4.78 is 0. The fraction of sp³-hybridized carbons (Fsp3) is 0.929. The average molecular weight is 240 g/mol. The number of amides is 1. The molecule has 0 unspecified atom stereocenters. The first-order valence-electron chi connectivity index (χ1n) is 6.99. The number of nitrogens with zero attached hydrogens (tertiary/aromatic N) is 1. The molecule has 0 aliphatic heterocycles. The number of carbonyl (C=O) groups excluding carboxylic acids is 1. The number of carbonyl (C=O) groups is 1. The Morgan fingerprint density at radius 2 is 1.88 bits per heavy atom. The van der Waals surface area contributed by atoms with Gasteiger partial charge in [-0.05, 0) is 50.5 Å². The molecule has 0 heterocycles. The first kappa shape index (κ1) is 14.5. The second kappa shape index (κ2) is 7.00. The lowest BCUT2D eigenvalue weighted by atomic mass is 9.80. The first-order chi connectivity index (χ1) is 8.04. The van der Waals surface area contributed by atoms with Crippen LogP contribution in [0, 0.1) is 17.8 Å². The molecule has 0 aromatic heterocycles. The molecule has 3 nitrogen and oxygen atoms in total. The molecule has 1 aliphatic carbocycles. The molecule has 3 heteroatoms. The zero-order chi connectivity index (χ0) is 12.8. The molecule has 0 radical (unpaired) electrons. The Labute approximate surface area is 106 Å². The molecule has 2 N–H and O–H groups in total. The number of nitrogens with two attached hydrogens (primary N) is 1. The Kier molecular flexibility index (Phi) is 5.96. The molecule has 1 fully saturated rings. The van der Waals surface area contributed by atoms with E-state index in [1.54, 1.807) is 0 Å². The van der Waals surface area contributed by atoms with Gasteiger partial charge in [-0.15, -0.1) is 0 Å². The van der Waals surface area contributed by atoms with Gasteiger partial charge in [0.25, 0.3) is 0 Å². The number of hydrogen-bond donors (Lipinski definition) is 1. The minimum absolute atomic E-state index is 0.271. The Balaban J connectivity index is 2.35. The molecule has 0 bridgehead atoms. The zero-order valence-electron chi connectivity index (χ0n) is 11.6. The Morgan fingerprint density at radius 3 is 2.35 bits per heavy atom. The molecular weight excluding hydrogens is 212 g/mol. The van der Waals surface area contributed by atoms with E-state index < -0.39 is 0 Å². The van der Waals surface area contributed by atoms with E-state index in [2.05, 4.69) is 13.8 Å². The lowest BCUT2D eigenvalue weighted by molar-refractivity contribution is -0.136. The van der Waals surface area contributed by atoms with Crippen molar-refractivity contribution in [1.29, 1.82) is 0 Å². The summed E-state index contributed by atoms with van der Waals surface area (Å²) in [5, 5.41) is 0. The van der Waals surface area contributed by atoms with Crippen LogP contribution in [0.5, 0.6) is 0 Å². The van der Waals surface area contributed by atoms with Crippen LogP contribution < -0.4 is 5.73 Å². The molecular formula is C14H28N2O. The van der Waals surface area contributed by atoms with Gasteiger partial charge in [-0.25, -0.2) is 0 Å². The highest BCUT2D eigenvalue weighted by Crippen LogP contribution is 2.31. The predicted molar refractivity (Wildman–Crippen MR) is 71.6 cm³/mol. The van der Waals surface area contributed by atoms with Gasteiger partial charge in [0, 0.05) is 19.5 Å². The summed E-state index contributed by atoms with van der Waals surface area (Å²) in [7, 11) is 1.94. The van der Waals surface area contributed by atoms with Crippen molar-refractivity contribution in [3.63, 3.8) is 0 Å². The smallest absolute Gasteiger partial charge is 0.225 e. The fourth-order valence-electron chi connectivity index (χ4n) is 2.88. The standard InChI is InChI=1S/C14H28N2O/c1-11(2)10-16(3)14(17)13-6-4-12(5-7-13)8-9-15/h11-13H,4-10,15H2,1-3H3. The van der Waals surface area contributed by atoms with Crippen LogP contribution >= 0.6 is 0 Å². The van der Waals surface area contributed by atoms with Crippen LogP contribution in [-0.4, -0.2) is 30.9 Å². The largest absolute Gasteiger partial charge is 0.345 e. The highest BCUT2D eigenvalue weighted by molar-refractivity contribution is 5.78. The van der Waals surface area contributed by atoms with E-state index in [0.717, 1.165) is 38.3 Å². The van der Waals surface area contributed by atoms with Gasteiger partial charge in [0.15, 0.2) is 0 Å². The van der Waals surface area contributed by atoms with Crippen LogP contribution in [-0.2, 0) is 4.79 Å². The van der Waals surface area contributed by atoms with E-state index in [1.165, 1.54) is 12.8 Å². The fourth-order valence-corrected chi connectivity index (χ4v) is 2.88. The third-order valence-electron chi connectivity index (χ3n) is 3.79. The van der Waals surface area contributed by atoms with E-state index in [9.17, 15) is 4.79 Å².